The van der Waals surface area contributed by atoms with Crippen LogP contribution in [0.4, 0.5) is 5.82 Å². The number of furan rings is 1. The maximum atomic E-state index is 12.4. The van der Waals surface area contributed by atoms with Crippen molar-refractivity contribution in [3.63, 3.8) is 0 Å². The molecule has 0 aliphatic rings. The lowest BCUT2D eigenvalue weighted by Gasteiger charge is -2.08. The molecule has 8 heteroatoms. The zero-order valence-corrected chi connectivity index (χ0v) is 14.3. The monoisotopic (exact) mass is 373 g/mol. The number of halogens is 1. The number of aromatic nitrogens is 1. The molecule has 0 atom stereocenters. The fourth-order valence-electron chi connectivity index (χ4n) is 1.88. The highest BCUT2D eigenvalue weighted by molar-refractivity contribution is 9.10. The zero-order chi connectivity index (χ0) is 15.6. The van der Waals surface area contributed by atoms with Crippen LogP contribution in [0.25, 0.3) is 0 Å². The van der Waals surface area contributed by atoms with Gasteiger partial charge in [-0.15, -0.1) is 0 Å². The molecule has 0 aliphatic carbocycles. The van der Waals surface area contributed by atoms with Crippen molar-refractivity contribution < 1.29 is 12.8 Å². The van der Waals surface area contributed by atoms with Crippen LogP contribution >= 0.6 is 15.9 Å². The number of aryl methyl sites for hydroxylation is 2. The van der Waals surface area contributed by atoms with Gasteiger partial charge in [-0.3, -0.25) is 4.72 Å². The lowest BCUT2D eigenvalue weighted by molar-refractivity contribution is 0.466. The van der Waals surface area contributed by atoms with Gasteiger partial charge in [0.05, 0.1) is 6.54 Å². The highest BCUT2D eigenvalue weighted by Crippen LogP contribution is 2.24. The van der Waals surface area contributed by atoms with Crippen LogP contribution in [0.5, 0.6) is 0 Å². The summed E-state index contributed by atoms with van der Waals surface area (Å²) < 4.78 is 33.6. The number of nitrogens with zero attached hydrogens (tertiary/aromatic N) is 1. The van der Waals surface area contributed by atoms with Gasteiger partial charge in [0.2, 0.25) is 0 Å². The summed E-state index contributed by atoms with van der Waals surface area (Å²) in [6, 6.07) is 3.31. The Balaban J connectivity index is 2.34. The van der Waals surface area contributed by atoms with Crippen LogP contribution in [0, 0.1) is 13.8 Å². The average Bonchev–Trinajstić information content (AvgIpc) is 2.75. The number of hydrogen-bond acceptors (Lipinski definition) is 5. The molecule has 2 aromatic heterocycles. The first-order chi connectivity index (χ1) is 9.83. The van der Waals surface area contributed by atoms with E-state index in [9.17, 15) is 8.42 Å². The Morgan fingerprint density at radius 2 is 2.05 bits per heavy atom. The average molecular weight is 374 g/mol. The van der Waals surface area contributed by atoms with E-state index >= 15 is 0 Å². The topological polar surface area (TPSA) is 84.2 Å². The van der Waals surface area contributed by atoms with Crippen molar-refractivity contribution in [3.05, 3.63) is 39.9 Å². The molecule has 0 radical (unpaired) electrons. The fourth-order valence-corrected chi connectivity index (χ4v) is 3.61. The minimum atomic E-state index is -3.73. The first-order valence-corrected chi connectivity index (χ1v) is 8.50. The molecule has 21 heavy (non-hydrogen) atoms. The number of anilines is 1. The van der Waals surface area contributed by atoms with E-state index in [1.807, 2.05) is 0 Å². The number of rotatable bonds is 5. The first kappa shape index (κ1) is 16.0. The Labute approximate surface area is 132 Å². The second-order valence-corrected chi connectivity index (χ2v) is 7.15. The normalized spacial score (nSPS) is 11.6. The van der Waals surface area contributed by atoms with Gasteiger partial charge in [0, 0.05) is 16.7 Å². The number of sulfonamides is 1. The quantitative estimate of drug-likeness (QED) is 0.841. The smallest absolute Gasteiger partial charge is 0.266 e. The number of pyridine rings is 1. The molecule has 2 heterocycles. The predicted molar refractivity (Wildman–Crippen MR) is 83.7 cm³/mol. The maximum Gasteiger partial charge on any atom is 0.266 e. The van der Waals surface area contributed by atoms with Gasteiger partial charge in [0.15, 0.2) is 0 Å². The van der Waals surface area contributed by atoms with E-state index in [0.717, 1.165) is 10.0 Å². The Hall–Kier alpha value is -1.38. The Bertz CT molecular complexity index is 756. The van der Waals surface area contributed by atoms with Crippen molar-refractivity contribution in [2.45, 2.75) is 25.3 Å². The first-order valence-electron chi connectivity index (χ1n) is 6.22. The number of nitrogens with one attached hydrogen (secondary N) is 2. The van der Waals surface area contributed by atoms with Crippen LogP contribution in [0.2, 0.25) is 0 Å². The summed E-state index contributed by atoms with van der Waals surface area (Å²) in [5.74, 6) is 1.22. The van der Waals surface area contributed by atoms with Crippen molar-refractivity contribution in [1.82, 2.24) is 10.3 Å². The molecule has 0 unspecified atom stereocenters. The standard InChI is InChI=1S/C13H16BrN3O3S/c1-8-4-10(14)6-16-13(8)17-21(18,19)12-5-11(7-15-3)20-9(12)2/h4-6,15H,7H2,1-3H3,(H,16,17). The molecule has 114 valence electrons. The molecule has 6 nitrogen and oxygen atoms in total. The summed E-state index contributed by atoms with van der Waals surface area (Å²) in [5, 5.41) is 2.91. The molecule has 2 N–H and O–H groups in total. The van der Waals surface area contributed by atoms with Crippen LogP contribution in [0.3, 0.4) is 0 Å². The second-order valence-electron chi connectivity index (χ2n) is 4.59. The van der Waals surface area contributed by atoms with Crippen LogP contribution in [0.1, 0.15) is 17.1 Å². The van der Waals surface area contributed by atoms with E-state index in [1.54, 1.807) is 33.2 Å². The van der Waals surface area contributed by atoms with E-state index in [4.69, 9.17) is 4.42 Å². The SMILES string of the molecule is CNCc1cc(S(=O)(=O)Nc2ncc(Br)cc2C)c(C)o1. The van der Waals surface area contributed by atoms with Crippen LogP contribution in [-0.2, 0) is 16.6 Å². The van der Waals surface area contributed by atoms with Gasteiger partial charge in [-0.05, 0) is 48.5 Å². The minimum absolute atomic E-state index is 0.122. The molecule has 0 aliphatic heterocycles. The Kier molecular flexibility index (Phi) is 4.70. The highest BCUT2D eigenvalue weighted by atomic mass is 79.9. The zero-order valence-electron chi connectivity index (χ0n) is 11.9. The van der Waals surface area contributed by atoms with Crippen LogP contribution in [-0.4, -0.2) is 20.4 Å². The third-order valence-corrected chi connectivity index (χ3v) is 4.72. The van der Waals surface area contributed by atoms with E-state index in [2.05, 4.69) is 31.0 Å². The van der Waals surface area contributed by atoms with Gasteiger partial charge in [-0.25, -0.2) is 13.4 Å². The Morgan fingerprint density at radius 3 is 2.67 bits per heavy atom. The molecule has 0 bridgehead atoms. The maximum absolute atomic E-state index is 12.4. The fraction of sp³-hybridized carbons (Fsp3) is 0.308. The Morgan fingerprint density at radius 1 is 1.33 bits per heavy atom. The molecule has 0 amide bonds. The predicted octanol–water partition coefficient (Wildman–Crippen LogP) is 2.57. The van der Waals surface area contributed by atoms with E-state index < -0.39 is 10.0 Å². The lowest BCUT2D eigenvalue weighted by atomic mass is 10.3. The minimum Gasteiger partial charge on any atom is -0.464 e. The molecule has 2 rings (SSSR count). The molecular formula is C13H16BrN3O3S. The second kappa shape index (κ2) is 6.17. The molecule has 2 aromatic rings. The van der Waals surface area contributed by atoms with Gasteiger partial charge in [0.1, 0.15) is 22.2 Å². The summed E-state index contributed by atoms with van der Waals surface area (Å²) in [5.41, 5.74) is 0.726. The van der Waals surface area contributed by atoms with Crippen LogP contribution < -0.4 is 10.0 Å². The van der Waals surface area contributed by atoms with E-state index in [1.165, 1.54) is 6.07 Å². The van der Waals surface area contributed by atoms with Crippen molar-refractivity contribution in [3.8, 4) is 0 Å². The summed E-state index contributed by atoms with van der Waals surface area (Å²) in [7, 11) is -1.96. The summed E-state index contributed by atoms with van der Waals surface area (Å²) in [6.07, 6.45) is 1.54. The molecule has 0 spiro atoms. The van der Waals surface area contributed by atoms with Crippen molar-refractivity contribution >= 4 is 31.8 Å². The molecule has 0 saturated carbocycles. The van der Waals surface area contributed by atoms with E-state index in [-0.39, 0.29) is 4.90 Å². The number of hydrogen-bond donors (Lipinski definition) is 2. The third kappa shape index (κ3) is 3.63. The van der Waals surface area contributed by atoms with Gasteiger partial charge >= 0.3 is 0 Å². The molecule has 0 fully saturated rings. The van der Waals surface area contributed by atoms with Crippen LogP contribution in [0.15, 0.2) is 32.1 Å². The largest absolute Gasteiger partial charge is 0.464 e. The molecule has 0 aromatic carbocycles. The van der Waals surface area contributed by atoms with Gasteiger partial charge < -0.3 is 9.73 Å². The lowest BCUT2D eigenvalue weighted by Crippen LogP contribution is -2.15. The summed E-state index contributed by atoms with van der Waals surface area (Å²) in [4.78, 5) is 4.20. The van der Waals surface area contributed by atoms with Crippen molar-refractivity contribution in [2.24, 2.45) is 0 Å². The van der Waals surface area contributed by atoms with Crippen molar-refractivity contribution in [1.29, 1.82) is 0 Å². The van der Waals surface area contributed by atoms with Gasteiger partial charge in [0.25, 0.3) is 10.0 Å². The molecule has 0 saturated heterocycles. The molecular weight excluding hydrogens is 358 g/mol. The van der Waals surface area contributed by atoms with E-state index in [0.29, 0.717) is 23.9 Å². The van der Waals surface area contributed by atoms with Gasteiger partial charge in [-0.1, -0.05) is 0 Å². The van der Waals surface area contributed by atoms with Gasteiger partial charge in [-0.2, -0.15) is 0 Å². The third-order valence-electron chi connectivity index (χ3n) is 2.84. The van der Waals surface area contributed by atoms with Crippen molar-refractivity contribution in [2.75, 3.05) is 11.8 Å². The summed E-state index contributed by atoms with van der Waals surface area (Å²) >= 11 is 3.29. The highest BCUT2D eigenvalue weighted by Gasteiger charge is 2.22. The summed E-state index contributed by atoms with van der Waals surface area (Å²) in [6.45, 7) is 3.87.